The first-order valence-electron chi connectivity index (χ1n) is 9.18. The highest BCUT2D eigenvalue weighted by Crippen LogP contribution is 2.52. The maximum atomic E-state index is 2.41. The lowest BCUT2D eigenvalue weighted by Gasteiger charge is -2.22. The van der Waals surface area contributed by atoms with Crippen molar-refractivity contribution < 1.29 is 4.57 Å². The van der Waals surface area contributed by atoms with E-state index in [2.05, 4.69) is 94.0 Å². The summed E-state index contributed by atoms with van der Waals surface area (Å²) in [6.45, 7) is 9.18. The molecule has 0 radical (unpaired) electrons. The van der Waals surface area contributed by atoms with E-state index in [1.165, 1.54) is 44.6 Å². The molecule has 4 rings (SSSR count). The lowest BCUT2D eigenvalue weighted by Crippen LogP contribution is -2.30. The lowest BCUT2D eigenvalue weighted by molar-refractivity contribution is -0.660. The molecule has 0 saturated heterocycles. The van der Waals surface area contributed by atoms with E-state index in [0.717, 1.165) is 6.42 Å². The van der Waals surface area contributed by atoms with Crippen LogP contribution in [0.3, 0.4) is 0 Å². The topological polar surface area (TPSA) is 3.88 Å². The van der Waals surface area contributed by atoms with Gasteiger partial charge in [-0.1, -0.05) is 51.1 Å². The Hall–Kier alpha value is -2.41. The van der Waals surface area contributed by atoms with Gasteiger partial charge >= 0.3 is 0 Å². The van der Waals surface area contributed by atoms with Gasteiger partial charge in [0.05, 0.1) is 5.56 Å². The molecule has 0 bridgehead atoms. The highest BCUT2D eigenvalue weighted by molar-refractivity contribution is 5.92. The molecule has 0 saturated carbocycles. The SMILES string of the molecule is CCc1ccc2c(c1)-c1c(ccc(C)c1-c1cccc[n+]1C)C2(C)C. The monoisotopic (exact) mass is 328 g/mol. The summed E-state index contributed by atoms with van der Waals surface area (Å²) in [7, 11) is 2.14. The van der Waals surface area contributed by atoms with Crippen molar-refractivity contribution in [2.75, 3.05) is 0 Å². The Labute approximate surface area is 151 Å². The Morgan fingerprint density at radius 2 is 1.68 bits per heavy atom. The molecule has 1 heterocycles. The molecule has 2 aromatic carbocycles. The normalized spacial score (nSPS) is 14.3. The van der Waals surface area contributed by atoms with Gasteiger partial charge in [-0.3, -0.25) is 0 Å². The van der Waals surface area contributed by atoms with E-state index in [1.807, 2.05) is 0 Å². The smallest absolute Gasteiger partial charge is 0.201 e. The van der Waals surface area contributed by atoms with Crippen LogP contribution in [0.15, 0.2) is 54.7 Å². The lowest BCUT2D eigenvalue weighted by atomic mass is 9.81. The summed E-state index contributed by atoms with van der Waals surface area (Å²) < 4.78 is 2.23. The average Bonchev–Trinajstić information content (AvgIpc) is 2.83. The molecule has 0 atom stereocenters. The predicted octanol–water partition coefficient (Wildman–Crippen LogP) is 5.36. The number of aromatic nitrogens is 1. The van der Waals surface area contributed by atoms with E-state index in [0.29, 0.717) is 0 Å². The van der Waals surface area contributed by atoms with E-state index in [9.17, 15) is 0 Å². The number of nitrogens with zero attached hydrogens (tertiary/aromatic N) is 1. The van der Waals surface area contributed by atoms with Crippen molar-refractivity contribution in [3.8, 4) is 22.4 Å². The van der Waals surface area contributed by atoms with Crippen LogP contribution in [-0.4, -0.2) is 0 Å². The van der Waals surface area contributed by atoms with E-state index >= 15 is 0 Å². The number of fused-ring (bicyclic) bond motifs is 3. The fourth-order valence-corrected chi connectivity index (χ4v) is 4.33. The molecule has 1 aromatic heterocycles. The molecule has 1 heteroatoms. The molecule has 25 heavy (non-hydrogen) atoms. The Morgan fingerprint density at radius 3 is 2.40 bits per heavy atom. The summed E-state index contributed by atoms with van der Waals surface area (Å²) in [5, 5.41) is 0. The first-order chi connectivity index (χ1) is 11.9. The quantitative estimate of drug-likeness (QED) is 0.558. The van der Waals surface area contributed by atoms with Crippen molar-refractivity contribution in [1.82, 2.24) is 0 Å². The van der Waals surface area contributed by atoms with Gasteiger partial charge in [0.25, 0.3) is 0 Å². The van der Waals surface area contributed by atoms with E-state index < -0.39 is 0 Å². The zero-order chi connectivity index (χ0) is 17.8. The van der Waals surface area contributed by atoms with Gasteiger partial charge in [0.1, 0.15) is 7.05 Å². The highest BCUT2D eigenvalue weighted by Gasteiger charge is 2.38. The van der Waals surface area contributed by atoms with Crippen molar-refractivity contribution in [3.05, 3.63) is 77.0 Å². The summed E-state index contributed by atoms with van der Waals surface area (Å²) in [6.07, 6.45) is 3.21. The average molecular weight is 328 g/mol. The third kappa shape index (κ3) is 2.26. The van der Waals surface area contributed by atoms with Crippen LogP contribution < -0.4 is 4.57 Å². The van der Waals surface area contributed by atoms with Crippen molar-refractivity contribution in [3.63, 3.8) is 0 Å². The molecular formula is C24H26N+. The van der Waals surface area contributed by atoms with Crippen LogP contribution in [0.4, 0.5) is 0 Å². The van der Waals surface area contributed by atoms with Crippen molar-refractivity contribution >= 4 is 0 Å². The van der Waals surface area contributed by atoms with Crippen LogP contribution in [0.1, 0.15) is 43.0 Å². The van der Waals surface area contributed by atoms with Gasteiger partial charge in [0.2, 0.25) is 5.69 Å². The van der Waals surface area contributed by atoms with Crippen LogP contribution in [0.2, 0.25) is 0 Å². The molecule has 0 N–H and O–H groups in total. The van der Waals surface area contributed by atoms with Gasteiger partial charge in [0, 0.05) is 23.1 Å². The number of pyridine rings is 1. The van der Waals surface area contributed by atoms with Gasteiger partial charge in [-0.05, 0) is 47.2 Å². The summed E-state index contributed by atoms with van der Waals surface area (Å²) in [4.78, 5) is 0. The number of hydrogen-bond acceptors (Lipinski definition) is 0. The molecule has 1 nitrogen and oxygen atoms in total. The molecule has 0 fully saturated rings. The number of hydrogen-bond donors (Lipinski definition) is 0. The van der Waals surface area contributed by atoms with E-state index in [-0.39, 0.29) is 5.41 Å². The fraction of sp³-hybridized carbons (Fsp3) is 0.292. The molecular weight excluding hydrogens is 302 g/mol. The largest absolute Gasteiger partial charge is 0.213 e. The molecule has 1 aliphatic rings. The van der Waals surface area contributed by atoms with Gasteiger partial charge in [-0.2, -0.15) is 0 Å². The molecule has 0 unspecified atom stereocenters. The summed E-state index contributed by atoms with van der Waals surface area (Å²) in [6, 6.07) is 18.1. The zero-order valence-corrected chi connectivity index (χ0v) is 15.9. The minimum Gasteiger partial charge on any atom is -0.201 e. The molecule has 0 amide bonds. The fourth-order valence-electron chi connectivity index (χ4n) is 4.33. The highest BCUT2D eigenvalue weighted by atomic mass is 14.9. The first-order valence-corrected chi connectivity index (χ1v) is 9.18. The Morgan fingerprint density at radius 1 is 0.920 bits per heavy atom. The second kappa shape index (κ2) is 5.56. The zero-order valence-electron chi connectivity index (χ0n) is 15.9. The molecule has 0 aliphatic heterocycles. The molecule has 126 valence electrons. The molecule has 3 aromatic rings. The van der Waals surface area contributed by atoms with Crippen molar-refractivity contribution in [2.45, 2.75) is 39.5 Å². The minimum absolute atomic E-state index is 0.0484. The van der Waals surface area contributed by atoms with Crippen LogP contribution in [0.25, 0.3) is 22.4 Å². The van der Waals surface area contributed by atoms with Crippen molar-refractivity contribution in [1.29, 1.82) is 0 Å². The van der Waals surface area contributed by atoms with Gasteiger partial charge in [0.15, 0.2) is 6.20 Å². The van der Waals surface area contributed by atoms with Crippen LogP contribution in [0, 0.1) is 6.92 Å². The summed E-state index contributed by atoms with van der Waals surface area (Å²) in [5.41, 5.74) is 11.2. The molecule has 0 spiro atoms. The summed E-state index contributed by atoms with van der Waals surface area (Å²) in [5.74, 6) is 0. The predicted molar refractivity (Wildman–Crippen MR) is 105 cm³/mol. The number of benzene rings is 2. The second-order valence-corrected chi connectivity index (χ2v) is 7.74. The standard InChI is InChI=1S/C24H26N/c1-6-17-11-13-19-18(15-17)23-20(24(19,3)4)12-10-16(2)22(23)21-9-7-8-14-25(21)5/h7-15H,6H2,1-5H3/q+1. The van der Waals surface area contributed by atoms with E-state index in [1.54, 1.807) is 0 Å². The maximum Gasteiger partial charge on any atom is 0.213 e. The van der Waals surface area contributed by atoms with Crippen LogP contribution >= 0.6 is 0 Å². The third-order valence-corrected chi connectivity index (χ3v) is 5.83. The van der Waals surface area contributed by atoms with Gasteiger partial charge in [-0.15, -0.1) is 0 Å². The number of rotatable bonds is 2. The second-order valence-electron chi connectivity index (χ2n) is 7.74. The van der Waals surface area contributed by atoms with Crippen LogP contribution in [0.5, 0.6) is 0 Å². The van der Waals surface area contributed by atoms with Gasteiger partial charge in [-0.25, -0.2) is 4.57 Å². The van der Waals surface area contributed by atoms with Crippen LogP contribution in [-0.2, 0) is 18.9 Å². The maximum absolute atomic E-state index is 2.41. The van der Waals surface area contributed by atoms with Crippen molar-refractivity contribution in [2.24, 2.45) is 7.05 Å². The summed E-state index contributed by atoms with van der Waals surface area (Å²) >= 11 is 0. The molecule has 1 aliphatic carbocycles. The van der Waals surface area contributed by atoms with Gasteiger partial charge < -0.3 is 0 Å². The minimum atomic E-state index is 0.0484. The van der Waals surface area contributed by atoms with E-state index in [4.69, 9.17) is 0 Å². The number of aryl methyl sites for hydroxylation is 3. The Kier molecular flexibility index (Phi) is 3.57. The Balaban J connectivity index is 2.12. The first kappa shape index (κ1) is 16.1. The Bertz CT molecular complexity index is 979. The third-order valence-electron chi connectivity index (χ3n) is 5.83.